The summed E-state index contributed by atoms with van der Waals surface area (Å²) in [4.78, 5) is 2.27. The summed E-state index contributed by atoms with van der Waals surface area (Å²) in [5.41, 5.74) is 12.8. The van der Waals surface area contributed by atoms with Crippen LogP contribution in [-0.2, 0) is 0 Å². The lowest BCUT2D eigenvalue weighted by Crippen LogP contribution is -1.90. The molecule has 0 radical (unpaired) electrons. The van der Waals surface area contributed by atoms with E-state index in [2.05, 4.69) is 0 Å². The molecule has 0 saturated heterocycles. The lowest BCUT2D eigenvalue weighted by molar-refractivity contribution is 1.81. The summed E-state index contributed by atoms with van der Waals surface area (Å²) in [5, 5.41) is 3.91. The van der Waals surface area contributed by atoms with E-state index in [0.717, 1.165) is 4.88 Å². The minimum atomic E-state index is 0.684. The van der Waals surface area contributed by atoms with Gasteiger partial charge in [0.25, 0.3) is 0 Å². The Morgan fingerprint density at radius 2 is 2.00 bits per heavy atom. The molecule has 2 aromatic rings. The fourth-order valence-corrected chi connectivity index (χ4v) is 2.75. The van der Waals surface area contributed by atoms with E-state index < -0.39 is 0 Å². The summed E-state index contributed by atoms with van der Waals surface area (Å²) in [6.07, 6.45) is 0. The minimum absolute atomic E-state index is 0.684. The van der Waals surface area contributed by atoms with Crippen LogP contribution in [0.5, 0.6) is 0 Å². The van der Waals surface area contributed by atoms with Gasteiger partial charge in [-0.05, 0) is 11.4 Å². The van der Waals surface area contributed by atoms with E-state index in [1.165, 1.54) is 4.88 Å². The number of nitrogens with two attached hydrogens (primary N) is 2. The number of hydrogen-bond donors (Lipinski definition) is 2. The van der Waals surface area contributed by atoms with Gasteiger partial charge >= 0.3 is 0 Å². The first kappa shape index (κ1) is 7.64. The number of rotatable bonds is 1. The molecule has 0 amide bonds. The predicted molar refractivity (Wildman–Crippen MR) is 56.5 cm³/mol. The quantitative estimate of drug-likeness (QED) is 0.736. The van der Waals surface area contributed by atoms with Gasteiger partial charge in [-0.3, -0.25) is 0 Å². The molecule has 4 heteroatoms. The molecule has 0 spiro atoms. The van der Waals surface area contributed by atoms with Crippen molar-refractivity contribution in [2.45, 2.75) is 0 Å². The summed E-state index contributed by atoms with van der Waals surface area (Å²) in [7, 11) is 0. The van der Waals surface area contributed by atoms with Crippen molar-refractivity contribution in [1.29, 1.82) is 0 Å². The summed E-state index contributed by atoms with van der Waals surface area (Å²) in [5.74, 6) is 0. The molecule has 0 atom stereocenters. The van der Waals surface area contributed by atoms with Crippen LogP contribution in [-0.4, -0.2) is 0 Å². The standard InChI is InChI=1S/C8H8N2S2/c9-5-4-12-8(7(5)10)6-2-1-3-11-6/h1-4H,9-10H2. The van der Waals surface area contributed by atoms with Crippen LogP contribution < -0.4 is 11.5 Å². The monoisotopic (exact) mass is 196 g/mol. The molecular formula is C8H8N2S2. The Hall–Kier alpha value is -1.00. The largest absolute Gasteiger partial charge is 0.396 e. The summed E-state index contributed by atoms with van der Waals surface area (Å²) < 4.78 is 0. The van der Waals surface area contributed by atoms with Gasteiger partial charge in [-0.2, -0.15) is 0 Å². The second-order valence-electron chi connectivity index (χ2n) is 2.41. The highest BCUT2D eigenvalue weighted by molar-refractivity contribution is 7.21. The molecule has 0 aliphatic rings. The van der Waals surface area contributed by atoms with Crippen molar-refractivity contribution in [2.75, 3.05) is 11.5 Å². The van der Waals surface area contributed by atoms with Crippen LogP contribution in [0.3, 0.4) is 0 Å². The highest BCUT2D eigenvalue weighted by Crippen LogP contribution is 2.38. The van der Waals surface area contributed by atoms with Crippen LogP contribution in [0, 0.1) is 0 Å². The van der Waals surface area contributed by atoms with Crippen LogP contribution in [0.25, 0.3) is 9.75 Å². The van der Waals surface area contributed by atoms with Crippen molar-refractivity contribution >= 4 is 34.0 Å². The van der Waals surface area contributed by atoms with Crippen molar-refractivity contribution in [1.82, 2.24) is 0 Å². The predicted octanol–water partition coefficient (Wildman–Crippen LogP) is 2.64. The Morgan fingerprint density at radius 1 is 1.17 bits per heavy atom. The molecule has 62 valence electrons. The van der Waals surface area contributed by atoms with E-state index in [1.54, 1.807) is 22.7 Å². The summed E-state index contributed by atoms with van der Waals surface area (Å²) in [6, 6.07) is 4.06. The number of hydrogen-bond acceptors (Lipinski definition) is 4. The molecule has 2 heterocycles. The van der Waals surface area contributed by atoms with E-state index in [1.807, 2.05) is 22.9 Å². The Kier molecular flexibility index (Phi) is 1.78. The van der Waals surface area contributed by atoms with E-state index in [0.29, 0.717) is 11.4 Å². The Morgan fingerprint density at radius 3 is 2.50 bits per heavy atom. The Bertz CT molecular complexity index is 376. The molecule has 0 aliphatic carbocycles. The van der Waals surface area contributed by atoms with E-state index in [9.17, 15) is 0 Å². The van der Waals surface area contributed by atoms with Crippen molar-refractivity contribution in [2.24, 2.45) is 0 Å². The molecular weight excluding hydrogens is 188 g/mol. The second-order valence-corrected chi connectivity index (χ2v) is 4.24. The van der Waals surface area contributed by atoms with Crippen molar-refractivity contribution in [3.8, 4) is 9.75 Å². The average Bonchev–Trinajstić information content (AvgIpc) is 2.64. The number of thiophene rings is 2. The van der Waals surface area contributed by atoms with Crippen LogP contribution >= 0.6 is 22.7 Å². The SMILES string of the molecule is Nc1csc(-c2cccs2)c1N. The van der Waals surface area contributed by atoms with Gasteiger partial charge < -0.3 is 11.5 Å². The van der Waals surface area contributed by atoms with Gasteiger partial charge in [0.15, 0.2) is 0 Å². The zero-order chi connectivity index (χ0) is 8.55. The third-order valence-electron chi connectivity index (χ3n) is 1.60. The Labute approximate surface area is 78.4 Å². The van der Waals surface area contributed by atoms with Crippen LogP contribution in [0.15, 0.2) is 22.9 Å². The highest BCUT2D eigenvalue weighted by Gasteiger charge is 2.07. The second kappa shape index (κ2) is 2.80. The van der Waals surface area contributed by atoms with Crippen molar-refractivity contribution < 1.29 is 0 Å². The van der Waals surface area contributed by atoms with Gasteiger partial charge in [0.05, 0.1) is 16.3 Å². The zero-order valence-electron chi connectivity index (χ0n) is 6.28. The maximum atomic E-state index is 5.79. The first-order chi connectivity index (χ1) is 5.79. The van der Waals surface area contributed by atoms with Crippen molar-refractivity contribution in [3.63, 3.8) is 0 Å². The number of anilines is 2. The van der Waals surface area contributed by atoms with Gasteiger partial charge in [0.2, 0.25) is 0 Å². The molecule has 12 heavy (non-hydrogen) atoms. The van der Waals surface area contributed by atoms with Gasteiger partial charge in [0.1, 0.15) is 0 Å². The van der Waals surface area contributed by atoms with E-state index in [-0.39, 0.29) is 0 Å². The van der Waals surface area contributed by atoms with Crippen LogP contribution in [0.4, 0.5) is 11.4 Å². The van der Waals surface area contributed by atoms with Gasteiger partial charge in [-0.1, -0.05) is 6.07 Å². The highest BCUT2D eigenvalue weighted by atomic mass is 32.1. The molecule has 0 unspecified atom stereocenters. The maximum Gasteiger partial charge on any atom is 0.0745 e. The van der Waals surface area contributed by atoms with Gasteiger partial charge in [-0.15, -0.1) is 22.7 Å². The fraction of sp³-hybridized carbons (Fsp3) is 0. The third-order valence-corrected chi connectivity index (χ3v) is 3.67. The molecule has 0 aromatic carbocycles. The van der Waals surface area contributed by atoms with E-state index >= 15 is 0 Å². The molecule has 2 aromatic heterocycles. The topological polar surface area (TPSA) is 52.0 Å². The first-order valence-corrected chi connectivity index (χ1v) is 5.21. The lowest BCUT2D eigenvalue weighted by Gasteiger charge is -1.94. The summed E-state index contributed by atoms with van der Waals surface area (Å²) in [6.45, 7) is 0. The molecule has 2 rings (SSSR count). The van der Waals surface area contributed by atoms with Crippen LogP contribution in [0.1, 0.15) is 0 Å². The average molecular weight is 196 g/mol. The minimum Gasteiger partial charge on any atom is -0.396 e. The van der Waals surface area contributed by atoms with Crippen molar-refractivity contribution in [3.05, 3.63) is 22.9 Å². The smallest absolute Gasteiger partial charge is 0.0745 e. The summed E-state index contributed by atoms with van der Waals surface area (Å²) >= 11 is 3.27. The molecule has 0 fully saturated rings. The Balaban J connectivity index is 2.55. The third kappa shape index (κ3) is 1.09. The molecule has 2 nitrogen and oxygen atoms in total. The van der Waals surface area contributed by atoms with Gasteiger partial charge in [-0.25, -0.2) is 0 Å². The first-order valence-electron chi connectivity index (χ1n) is 3.45. The normalized spacial score (nSPS) is 10.3. The number of nitrogen functional groups attached to an aromatic ring is 2. The van der Waals surface area contributed by atoms with Gasteiger partial charge in [0, 0.05) is 10.3 Å². The van der Waals surface area contributed by atoms with E-state index in [4.69, 9.17) is 11.5 Å². The molecule has 0 aliphatic heterocycles. The fourth-order valence-electron chi connectivity index (χ4n) is 0.979. The zero-order valence-corrected chi connectivity index (χ0v) is 7.91. The maximum absolute atomic E-state index is 5.79. The molecule has 4 N–H and O–H groups in total. The molecule has 0 bridgehead atoms. The van der Waals surface area contributed by atoms with Crippen LogP contribution in [0.2, 0.25) is 0 Å². The lowest BCUT2D eigenvalue weighted by atomic mass is 10.3. The molecule has 0 saturated carbocycles.